The molecule has 0 amide bonds. The lowest BCUT2D eigenvalue weighted by Gasteiger charge is -2.35. The van der Waals surface area contributed by atoms with Crippen molar-refractivity contribution in [2.45, 2.75) is 77.3 Å². The first kappa shape index (κ1) is 41.4. The first-order valence-electron chi connectivity index (χ1n) is 23.5. The third-order valence-electron chi connectivity index (χ3n) is 14.9. The van der Waals surface area contributed by atoms with Crippen LogP contribution in [-0.4, -0.2) is 11.6 Å². The number of nitrogens with zero attached hydrogens (tertiary/aromatic N) is 2. The van der Waals surface area contributed by atoms with Crippen LogP contribution in [-0.2, 0) is 16.5 Å². The van der Waals surface area contributed by atoms with Crippen molar-refractivity contribution in [3.05, 3.63) is 249 Å². The van der Waals surface area contributed by atoms with E-state index in [4.69, 9.17) is 0 Å². The van der Waals surface area contributed by atoms with Gasteiger partial charge in [-0.05, 0) is 156 Å². The number of hydrogen-bond acceptors (Lipinski definition) is 4. The molecule has 8 aromatic carbocycles. The second-order valence-corrected chi connectivity index (χ2v) is 19.2. The Morgan fingerprint density at radius 3 is 1.14 bits per heavy atom. The van der Waals surface area contributed by atoms with Crippen LogP contribution in [0.2, 0.25) is 0 Å². The van der Waals surface area contributed by atoms with Crippen LogP contribution in [0, 0.1) is 13.8 Å². The maximum atomic E-state index is 13.5. The Kier molecular flexibility index (Phi) is 9.67. The minimum Gasteiger partial charge on any atom is -0.327 e. The van der Waals surface area contributed by atoms with Gasteiger partial charge in [-0.1, -0.05) is 142 Å². The summed E-state index contributed by atoms with van der Waals surface area (Å²) in [6, 6.07) is 63.4. The van der Waals surface area contributed by atoms with E-state index >= 15 is 0 Å². The number of hydrogen-bond donors (Lipinski definition) is 0. The van der Waals surface area contributed by atoms with E-state index in [0.29, 0.717) is 22.3 Å². The number of benzene rings is 8. The molecule has 8 aromatic rings. The number of rotatable bonds is 13. The van der Waals surface area contributed by atoms with Crippen LogP contribution in [0.4, 0.5) is 22.7 Å². The number of anilines is 4. The van der Waals surface area contributed by atoms with Crippen molar-refractivity contribution < 1.29 is 9.59 Å². The maximum absolute atomic E-state index is 13.5. The molecule has 0 N–H and O–H groups in total. The van der Waals surface area contributed by atoms with E-state index < -0.39 is 0 Å². The minimum atomic E-state index is -0.341. The molecule has 0 aliphatic heterocycles. The third-order valence-corrected chi connectivity index (χ3v) is 14.9. The molecule has 324 valence electrons. The van der Waals surface area contributed by atoms with Gasteiger partial charge in [-0.25, -0.2) is 0 Å². The van der Waals surface area contributed by atoms with Gasteiger partial charge in [-0.15, -0.1) is 0 Å². The van der Waals surface area contributed by atoms with Gasteiger partial charge in [-0.3, -0.25) is 9.59 Å². The van der Waals surface area contributed by atoms with Crippen molar-refractivity contribution in [2.75, 3.05) is 9.80 Å². The lowest BCUT2D eigenvalue weighted by atomic mass is 9.82. The van der Waals surface area contributed by atoms with E-state index in [1.54, 1.807) is 0 Å². The quantitative estimate of drug-likeness (QED) is 0.108. The van der Waals surface area contributed by atoms with Crippen molar-refractivity contribution in [3.8, 4) is 11.1 Å². The Bertz CT molecular complexity index is 3190. The molecular formula is C62H54N2O2. The summed E-state index contributed by atoms with van der Waals surface area (Å²) in [6.45, 7) is 13.7. The summed E-state index contributed by atoms with van der Waals surface area (Å²) >= 11 is 0. The predicted octanol–water partition coefficient (Wildman–Crippen LogP) is 15.1. The first-order chi connectivity index (χ1) is 32.0. The van der Waals surface area contributed by atoms with Gasteiger partial charge in [0.25, 0.3) is 0 Å². The third kappa shape index (κ3) is 6.26. The average molecular weight is 859 g/mol. The fourth-order valence-electron chi connectivity index (χ4n) is 11.4. The van der Waals surface area contributed by atoms with E-state index in [2.05, 4.69) is 148 Å². The smallest absolute Gasteiger partial charge is 0.193 e. The zero-order chi connectivity index (χ0) is 45.5. The van der Waals surface area contributed by atoms with Crippen LogP contribution in [0.1, 0.15) is 123 Å². The molecule has 3 aliphatic carbocycles. The Hall–Kier alpha value is -7.30. The second kappa shape index (κ2) is 15.4. The van der Waals surface area contributed by atoms with Crippen LogP contribution in [0.5, 0.6) is 0 Å². The van der Waals surface area contributed by atoms with Crippen molar-refractivity contribution in [3.63, 3.8) is 0 Å². The summed E-state index contributed by atoms with van der Waals surface area (Å²) in [5.41, 5.74) is 19.6. The lowest BCUT2D eigenvalue weighted by molar-refractivity contribution is 0.103. The van der Waals surface area contributed by atoms with Crippen LogP contribution in [0.15, 0.2) is 182 Å². The first-order valence-corrected chi connectivity index (χ1v) is 23.5. The highest BCUT2D eigenvalue weighted by Gasteiger charge is 2.59. The van der Waals surface area contributed by atoms with E-state index in [1.807, 2.05) is 84.9 Å². The fraction of sp³-hybridized carbons (Fsp3) is 0.194. The minimum absolute atomic E-state index is 0.0272. The Morgan fingerprint density at radius 2 is 0.742 bits per heavy atom. The maximum Gasteiger partial charge on any atom is 0.193 e. The van der Waals surface area contributed by atoms with Gasteiger partial charge in [0.15, 0.2) is 11.6 Å². The molecule has 4 nitrogen and oxygen atoms in total. The van der Waals surface area contributed by atoms with Crippen LogP contribution in [0.25, 0.3) is 11.1 Å². The molecule has 0 aromatic heterocycles. The summed E-state index contributed by atoms with van der Waals surface area (Å²) in [5.74, 6) is 0.0564. The molecule has 0 saturated carbocycles. The summed E-state index contributed by atoms with van der Waals surface area (Å²) in [4.78, 5) is 32.1. The zero-order valence-electron chi connectivity index (χ0n) is 38.7. The standard InChI is InChI=1S/C62H54N2O2/c1-7-35-62(64(47-29-21-41(4)22-30-47)49-33-25-45(26-34-49)59(66)43-17-13-10-14-18-43)55-37-51-50-36-54-56(38-52(50)60(5,6)53(51)39-57(55)62)61(54,8-2)63(46-27-19-40(3)20-28-46)48-31-23-44(24-32-48)58(65)42-15-11-9-12-16-42/h9-34,36-39H,7-8,35H2,1-6H3. The van der Waals surface area contributed by atoms with Crippen LogP contribution >= 0.6 is 0 Å². The van der Waals surface area contributed by atoms with E-state index in [-0.39, 0.29) is 28.1 Å². The zero-order valence-corrected chi connectivity index (χ0v) is 38.7. The summed E-state index contributed by atoms with van der Waals surface area (Å²) in [7, 11) is 0. The van der Waals surface area contributed by atoms with Crippen LogP contribution < -0.4 is 9.80 Å². The molecular weight excluding hydrogens is 805 g/mol. The van der Waals surface area contributed by atoms with Crippen molar-refractivity contribution in [1.82, 2.24) is 0 Å². The normalized spacial score (nSPS) is 17.8. The summed E-state index contributed by atoms with van der Waals surface area (Å²) < 4.78 is 0. The van der Waals surface area contributed by atoms with Gasteiger partial charge < -0.3 is 9.80 Å². The van der Waals surface area contributed by atoms with Crippen molar-refractivity contribution in [2.24, 2.45) is 0 Å². The average Bonchev–Trinajstić information content (AvgIpc) is 4.18. The number of aryl methyl sites for hydroxylation is 2. The van der Waals surface area contributed by atoms with Gasteiger partial charge >= 0.3 is 0 Å². The molecule has 66 heavy (non-hydrogen) atoms. The monoisotopic (exact) mass is 858 g/mol. The second-order valence-electron chi connectivity index (χ2n) is 19.2. The summed E-state index contributed by atoms with van der Waals surface area (Å²) in [6.07, 6.45) is 2.86. The molecule has 0 fully saturated rings. The number of ketones is 2. The highest BCUT2D eigenvalue weighted by atomic mass is 16.1. The van der Waals surface area contributed by atoms with Gasteiger partial charge in [0.05, 0.1) is 11.1 Å². The molecule has 2 unspecified atom stereocenters. The van der Waals surface area contributed by atoms with Crippen molar-refractivity contribution >= 4 is 34.3 Å². The Balaban J connectivity index is 0.995. The lowest BCUT2D eigenvalue weighted by Crippen LogP contribution is -2.32. The molecule has 0 spiro atoms. The van der Waals surface area contributed by atoms with Crippen LogP contribution in [0.3, 0.4) is 0 Å². The molecule has 0 radical (unpaired) electrons. The van der Waals surface area contributed by atoms with Gasteiger partial charge in [0.1, 0.15) is 0 Å². The molecule has 3 aliphatic rings. The molecule has 0 saturated heterocycles. The number of fused-ring (bicyclic) bond motifs is 5. The topological polar surface area (TPSA) is 40.6 Å². The molecule has 11 rings (SSSR count). The molecule has 0 heterocycles. The predicted molar refractivity (Wildman–Crippen MR) is 270 cm³/mol. The molecule has 4 heteroatoms. The van der Waals surface area contributed by atoms with Gasteiger partial charge in [0.2, 0.25) is 0 Å². The number of carbonyl (C=O) groups excluding carboxylic acids is 2. The number of carbonyl (C=O) groups is 2. The van der Waals surface area contributed by atoms with E-state index in [9.17, 15) is 9.59 Å². The fourth-order valence-corrected chi connectivity index (χ4v) is 11.4. The van der Waals surface area contributed by atoms with Gasteiger partial charge in [-0.2, -0.15) is 0 Å². The molecule has 0 bridgehead atoms. The Labute approximate surface area is 389 Å². The Morgan fingerprint density at radius 1 is 0.409 bits per heavy atom. The summed E-state index contributed by atoms with van der Waals surface area (Å²) in [5, 5.41) is 0. The largest absolute Gasteiger partial charge is 0.327 e. The highest BCUT2D eigenvalue weighted by molar-refractivity contribution is 6.10. The highest BCUT2D eigenvalue weighted by Crippen LogP contribution is 2.66. The van der Waals surface area contributed by atoms with E-state index in [1.165, 1.54) is 55.6 Å². The SMILES string of the molecule is CCCC1(N(c2ccc(C)cc2)c2ccc(C(=O)c3ccccc3)cc2)c2cc3c(cc21)C(C)(C)c1cc2c(cc1-3)C2(CC)N(c1ccc(C)cc1)c1ccc(C(=O)c2ccccc2)cc1. The van der Waals surface area contributed by atoms with Crippen molar-refractivity contribution in [1.29, 1.82) is 0 Å². The molecule has 2 atom stereocenters. The van der Waals surface area contributed by atoms with E-state index in [0.717, 1.165) is 42.0 Å². The van der Waals surface area contributed by atoms with Gasteiger partial charge in [0, 0.05) is 50.4 Å².